The van der Waals surface area contributed by atoms with Crippen LogP contribution in [-0.4, -0.2) is 25.0 Å². The molecule has 1 aromatic carbocycles. The van der Waals surface area contributed by atoms with Crippen LogP contribution >= 0.6 is 11.3 Å². The molecule has 0 fully saturated rings. The Morgan fingerprint density at radius 2 is 1.88 bits per heavy atom. The molecule has 0 radical (unpaired) electrons. The summed E-state index contributed by atoms with van der Waals surface area (Å²) in [5.74, 6) is 0.261. The van der Waals surface area contributed by atoms with Gasteiger partial charge < -0.3 is 15.4 Å². The largest absolute Gasteiger partial charge is 0.494 e. The number of thiophene rings is 1. The molecule has 0 aliphatic rings. The number of unbranched alkanes of at least 4 members (excludes halogenated alkanes) is 1. The predicted molar refractivity (Wildman–Crippen MR) is 100 cm³/mol. The first-order valence-electron chi connectivity index (χ1n) is 8.41. The average Bonchev–Trinajstić information content (AvgIpc) is 3.03. The molecule has 0 saturated carbocycles. The van der Waals surface area contributed by atoms with Gasteiger partial charge in [-0.1, -0.05) is 13.3 Å². The van der Waals surface area contributed by atoms with Crippen LogP contribution in [0.4, 0.5) is 0 Å². The number of ether oxygens (including phenoxy) is 1. The van der Waals surface area contributed by atoms with Crippen LogP contribution < -0.4 is 15.4 Å². The fraction of sp³-hybridized carbons (Fsp3) is 0.368. The first kappa shape index (κ1) is 19.0. The number of hydrogen-bond acceptors (Lipinski definition) is 4. The minimum Gasteiger partial charge on any atom is -0.494 e. The molecular weight excluding hydrogens is 336 g/mol. The van der Waals surface area contributed by atoms with Gasteiger partial charge in [0.1, 0.15) is 5.75 Å². The Morgan fingerprint density at radius 3 is 2.52 bits per heavy atom. The SMILES string of the molecule is CCCCOc1ccc(C(=O)NCC(=O)NCc2sccc2C)cc1. The number of carbonyl (C=O) groups excluding carboxylic acids is 2. The highest BCUT2D eigenvalue weighted by Gasteiger charge is 2.09. The van der Waals surface area contributed by atoms with Gasteiger partial charge in [-0.3, -0.25) is 9.59 Å². The van der Waals surface area contributed by atoms with Crippen molar-refractivity contribution in [3.05, 3.63) is 51.7 Å². The zero-order valence-electron chi connectivity index (χ0n) is 14.6. The summed E-state index contributed by atoms with van der Waals surface area (Å²) >= 11 is 1.61. The van der Waals surface area contributed by atoms with Crippen LogP contribution in [0, 0.1) is 6.92 Å². The molecule has 2 rings (SSSR count). The van der Waals surface area contributed by atoms with Crippen molar-refractivity contribution in [2.24, 2.45) is 0 Å². The number of benzene rings is 1. The molecule has 0 aliphatic heterocycles. The Morgan fingerprint density at radius 1 is 1.12 bits per heavy atom. The summed E-state index contributed by atoms with van der Waals surface area (Å²) in [6, 6.07) is 8.95. The monoisotopic (exact) mass is 360 g/mol. The molecular formula is C19H24N2O3S. The molecule has 5 nitrogen and oxygen atoms in total. The molecule has 2 N–H and O–H groups in total. The number of carbonyl (C=O) groups is 2. The lowest BCUT2D eigenvalue weighted by Gasteiger charge is -2.08. The minimum atomic E-state index is -0.275. The van der Waals surface area contributed by atoms with E-state index in [2.05, 4.69) is 17.6 Å². The van der Waals surface area contributed by atoms with E-state index in [0.717, 1.165) is 29.0 Å². The van der Waals surface area contributed by atoms with E-state index >= 15 is 0 Å². The number of amides is 2. The van der Waals surface area contributed by atoms with Gasteiger partial charge in [0.25, 0.3) is 5.91 Å². The zero-order chi connectivity index (χ0) is 18.1. The normalized spacial score (nSPS) is 10.3. The third kappa shape index (κ3) is 6.23. The molecule has 0 saturated heterocycles. The van der Waals surface area contributed by atoms with Gasteiger partial charge in [0.05, 0.1) is 19.7 Å². The van der Waals surface area contributed by atoms with E-state index in [1.165, 1.54) is 0 Å². The summed E-state index contributed by atoms with van der Waals surface area (Å²) < 4.78 is 5.56. The molecule has 1 heterocycles. The van der Waals surface area contributed by atoms with Crippen molar-refractivity contribution in [3.63, 3.8) is 0 Å². The van der Waals surface area contributed by atoms with Gasteiger partial charge in [0.15, 0.2) is 0 Å². The fourth-order valence-electron chi connectivity index (χ4n) is 2.13. The first-order chi connectivity index (χ1) is 12.1. The van der Waals surface area contributed by atoms with E-state index < -0.39 is 0 Å². The maximum absolute atomic E-state index is 12.1. The van der Waals surface area contributed by atoms with Crippen molar-refractivity contribution >= 4 is 23.2 Å². The van der Waals surface area contributed by atoms with Crippen LogP contribution in [0.25, 0.3) is 0 Å². The molecule has 1 aromatic heterocycles. The zero-order valence-corrected chi connectivity index (χ0v) is 15.4. The van der Waals surface area contributed by atoms with Crippen LogP contribution in [0.5, 0.6) is 5.75 Å². The quantitative estimate of drug-likeness (QED) is 0.675. The first-order valence-corrected chi connectivity index (χ1v) is 9.29. The topological polar surface area (TPSA) is 67.4 Å². The summed E-state index contributed by atoms with van der Waals surface area (Å²) in [4.78, 5) is 25.0. The van der Waals surface area contributed by atoms with Crippen LogP contribution in [0.15, 0.2) is 35.7 Å². The van der Waals surface area contributed by atoms with Gasteiger partial charge in [-0.15, -0.1) is 11.3 Å². The molecule has 0 unspecified atom stereocenters. The van der Waals surface area contributed by atoms with E-state index in [1.807, 2.05) is 18.4 Å². The second-order valence-corrected chi connectivity index (χ2v) is 6.71. The van der Waals surface area contributed by atoms with Crippen molar-refractivity contribution in [2.45, 2.75) is 33.2 Å². The van der Waals surface area contributed by atoms with Gasteiger partial charge in [-0.05, 0) is 54.6 Å². The maximum atomic E-state index is 12.1. The van der Waals surface area contributed by atoms with Gasteiger partial charge in [-0.2, -0.15) is 0 Å². The summed E-state index contributed by atoms with van der Waals surface area (Å²) in [6.45, 7) is 5.23. The molecule has 0 atom stereocenters. The smallest absolute Gasteiger partial charge is 0.251 e. The molecule has 0 spiro atoms. The van der Waals surface area contributed by atoms with Gasteiger partial charge in [0, 0.05) is 10.4 Å². The third-order valence-electron chi connectivity index (χ3n) is 3.71. The predicted octanol–water partition coefficient (Wildman–Crippen LogP) is 3.28. The number of rotatable bonds is 9. The summed E-state index contributed by atoms with van der Waals surface area (Å²) in [5, 5.41) is 7.43. The van der Waals surface area contributed by atoms with Crippen molar-refractivity contribution in [1.29, 1.82) is 0 Å². The highest BCUT2D eigenvalue weighted by atomic mass is 32.1. The van der Waals surface area contributed by atoms with Gasteiger partial charge in [-0.25, -0.2) is 0 Å². The maximum Gasteiger partial charge on any atom is 0.251 e. The molecule has 134 valence electrons. The lowest BCUT2D eigenvalue weighted by atomic mass is 10.2. The number of aryl methyl sites for hydroxylation is 1. The van der Waals surface area contributed by atoms with Crippen LogP contribution in [-0.2, 0) is 11.3 Å². The molecule has 0 bridgehead atoms. The van der Waals surface area contributed by atoms with Crippen LogP contribution in [0.1, 0.15) is 40.6 Å². The second kappa shape index (κ2) is 9.84. The van der Waals surface area contributed by atoms with E-state index in [-0.39, 0.29) is 18.4 Å². The Hall–Kier alpha value is -2.34. The van der Waals surface area contributed by atoms with Crippen molar-refractivity contribution in [3.8, 4) is 5.75 Å². The fourth-order valence-corrected chi connectivity index (χ4v) is 2.97. The molecule has 6 heteroatoms. The lowest BCUT2D eigenvalue weighted by molar-refractivity contribution is -0.120. The Kier molecular flexibility index (Phi) is 7.47. The summed E-state index contributed by atoms with van der Waals surface area (Å²) in [5.41, 5.74) is 1.67. The van der Waals surface area contributed by atoms with Crippen LogP contribution in [0.3, 0.4) is 0 Å². The van der Waals surface area contributed by atoms with E-state index in [0.29, 0.717) is 18.7 Å². The second-order valence-electron chi connectivity index (χ2n) is 5.71. The third-order valence-corrected chi connectivity index (χ3v) is 4.73. The molecule has 2 amide bonds. The van der Waals surface area contributed by atoms with E-state index in [4.69, 9.17) is 4.74 Å². The van der Waals surface area contributed by atoms with Crippen molar-refractivity contribution in [2.75, 3.05) is 13.2 Å². The number of nitrogens with one attached hydrogen (secondary N) is 2. The van der Waals surface area contributed by atoms with Crippen LogP contribution in [0.2, 0.25) is 0 Å². The van der Waals surface area contributed by atoms with Crippen molar-refractivity contribution < 1.29 is 14.3 Å². The highest BCUT2D eigenvalue weighted by Crippen LogP contribution is 2.15. The lowest BCUT2D eigenvalue weighted by Crippen LogP contribution is -2.36. The van der Waals surface area contributed by atoms with Crippen molar-refractivity contribution in [1.82, 2.24) is 10.6 Å². The number of hydrogen-bond donors (Lipinski definition) is 2. The summed E-state index contributed by atoms with van der Waals surface area (Å²) in [6.07, 6.45) is 2.08. The average molecular weight is 360 g/mol. The van der Waals surface area contributed by atoms with Gasteiger partial charge in [0.2, 0.25) is 5.91 Å². The molecule has 0 aliphatic carbocycles. The molecule has 25 heavy (non-hydrogen) atoms. The summed E-state index contributed by atoms with van der Waals surface area (Å²) in [7, 11) is 0. The minimum absolute atomic E-state index is 0.0436. The highest BCUT2D eigenvalue weighted by molar-refractivity contribution is 7.10. The van der Waals surface area contributed by atoms with E-state index in [9.17, 15) is 9.59 Å². The Balaban J connectivity index is 1.73. The van der Waals surface area contributed by atoms with E-state index in [1.54, 1.807) is 35.6 Å². The Labute approximate surface area is 152 Å². The standard InChI is InChI=1S/C19H24N2O3S/c1-3-4-10-24-16-7-5-15(6-8-16)19(23)21-13-18(22)20-12-17-14(2)9-11-25-17/h5-9,11H,3-4,10,12-13H2,1-2H3,(H,20,22)(H,21,23). The Bertz CT molecular complexity index is 695. The van der Waals surface area contributed by atoms with Gasteiger partial charge >= 0.3 is 0 Å². The molecule has 2 aromatic rings.